The molecule has 1 saturated carbocycles. The first kappa shape index (κ1) is 30.8. The van der Waals surface area contributed by atoms with Crippen LogP contribution in [0.3, 0.4) is 0 Å². The standard InChI is InChI=1S/C52H33NO2S/c54-56-47-28-13-9-24-40(47)51(31-43(51)36-20-14-19-34-33-17-5-12-27-46(33)55-49(34)36)42-30-29-41-48(50(42)56)35-18-4-6-21-37(35)52(41)38-22-7-10-25-44(38)53(32-15-2-1-3-16-32)45-26-11-8-23-39(45)52/h1-30,43H,31H2/t43?,51-,56?/m0/s1. The van der Waals surface area contributed by atoms with Crippen molar-refractivity contribution in [3.8, 4) is 11.1 Å². The molecule has 8 aromatic carbocycles. The van der Waals surface area contributed by atoms with Crippen LogP contribution in [-0.4, -0.2) is 4.21 Å². The summed E-state index contributed by atoms with van der Waals surface area (Å²) < 4.78 is 22.1. The number of hydrogen-bond acceptors (Lipinski definition) is 3. The van der Waals surface area contributed by atoms with Gasteiger partial charge in [-0.2, -0.15) is 0 Å². The highest BCUT2D eigenvalue weighted by Gasteiger charge is 2.63. The molecule has 0 bridgehead atoms. The Hall–Kier alpha value is -6.49. The molecule has 1 aromatic heterocycles. The average Bonchev–Trinajstić information content (AvgIpc) is 3.77. The normalized spacial score (nSPS) is 20.3. The van der Waals surface area contributed by atoms with Gasteiger partial charge >= 0.3 is 0 Å². The molecule has 3 atom stereocenters. The lowest BCUT2D eigenvalue weighted by atomic mass is 9.64. The summed E-state index contributed by atoms with van der Waals surface area (Å²) >= 11 is 0. The summed E-state index contributed by atoms with van der Waals surface area (Å²) in [6.45, 7) is 0. The summed E-state index contributed by atoms with van der Waals surface area (Å²) in [4.78, 5) is 4.29. The fraction of sp³-hybridized carbons (Fsp3) is 0.0769. The Morgan fingerprint density at radius 3 is 1.96 bits per heavy atom. The number of rotatable bonds is 2. The molecule has 264 valence electrons. The Bertz CT molecular complexity index is 3130. The Kier molecular flexibility index (Phi) is 5.96. The molecule has 2 aliphatic heterocycles. The second-order valence-electron chi connectivity index (χ2n) is 15.7. The molecular formula is C52H33NO2S. The third kappa shape index (κ3) is 3.62. The van der Waals surface area contributed by atoms with Gasteiger partial charge in [0.2, 0.25) is 0 Å². The summed E-state index contributed by atoms with van der Waals surface area (Å²) in [7, 11) is -1.40. The second-order valence-corrected chi connectivity index (χ2v) is 17.1. The van der Waals surface area contributed by atoms with Gasteiger partial charge in [-0.3, -0.25) is 0 Å². The third-order valence-corrected chi connectivity index (χ3v) is 14.8. The molecule has 3 heterocycles. The van der Waals surface area contributed by atoms with Crippen LogP contribution in [0.4, 0.5) is 17.1 Å². The van der Waals surface area contributed by atoms with Crippen LogP contribution in [0.15, 0.2) is 196 Å². The molecule has 3 nitrogen and oxygen atoms in total. The van der Waals surface area contributed by atoms with E-state index in [1.54, 1.807) is 0 Å². The highest BCUT2D eigenvalue weighted by atomic mass is 32.2. The molecule has 0 amide bonds. The third-order valence-electron chi connectivity index (χ3n) is 13.3. The molecule has 0 saturated heterocycles. The number of hydrogen-bond donors (Lipinski definition) is 0. The van der Waals surface area contributed by atoms with Crippen molar-refractivity contribution in [3.05, 3.63) is 221 Å². The van der Waals surface area contributed by atoms with Crippen LogP contribution in [0.5, 0.6) is 0 Å². The first-order valence-electron chi connectivity index (χ1n) is 19.4. The maximum absolute atomic E-state index is 15.4. The summed E-state index contributed by atoms with van der Waals surface area (Å²) in [5.74, 6) is 0.170. The van der Waals surface area contributed by atoms with Gasteiger partial charge in [0.1, 0.15) is 11.2 Å². The van der Waals surface area contributed by atoms with Gasteiger partial charge in [-0.15, -0.1) is 0 Å². The molecule has 4 heteroatoms. The van der Waals surface area contributed by atoms with Crippen molar-refractivity contribution in [1.82, 2.24) is 0 Å². The van der Waals surface area contributed by atoms with Gasteiger partial charge in [-0.25, -0.2) is 4.21 Å². The van der Waals surface area contributed by atoms with Crippen LogP contribution in [0.25, 0.3) is 33.1 Å². The topological polar surface area (TPSA) is 33.5 Å². The van der Waals surface area contributed by atoms with Gasteiger partial charge in [0.05, 0.1) is 32.5 Å². The number of anilines is 3. The fourth-order valence-corrected chi connectivity index (χ4v) is 12.8. The van der Waals surface area contributed by atoms with Crippen molar-refractivity contribution < 1.29 is 8.63 Å². The van der Waals surface area contributed by atoms with Crippen LogP contribution in [0.2, 0.25) is 0 Å². The number of fused-ring (bicyclic) bond motifs is 17. The van der Waals surface area contributed by atoms with Crippen molar-refractivity contribution in [2.24, 2.45) is 0 Å². The lowest BCUT2D eigenvalue weighted by molar-refractivity contribution is 0.653. The van der Waals surface area contributed by atoms with E-state index in [0.29, 0.717) is 0 Å². The van der Waals surface area contributed by atoms with Crippen molar-refractivity contribution in [2.45, 2.75) is 33.0 Å². The predicted octanol–water partition coefficient (Wildman–Crippen LogP) is 12.7. The highest BCUT2D eigenvalue weighted by molar-refractivity contribution is 7.85. The minimum Gasteiger partial charge on any atom is -0.456 e. The zero-order chi connectivity index (χ0) is 36.8. The molecule has 9 aromatic rings. The van der Waals surface area contributed by atoms with Crippen molar-refractivity contribution in [2.75, 3.05) is 4.90 Å². The summed E-state index contributed by atoms with van der Waals surface area (Å²) in [5, 5.41) is 2.29. The minimum absolute atomic E-state index is 0.170. The Labute approximate surface area is 327 Å². The molecule has 56 heavy (non-hydrogen) atoms. The van der Waals surface area contributed by atoms with E-state index in [0.717, 1.165) is 66.3 Å². The molecule has 0 radical (unpaired) electrons. The van der Waals surface area contributed by atoms with E-state index in [1.165, 1.54) is 38.9 Å². The number of nitrogens with zero attached hydrogens (tertiary/aromatic N) is 1. The van der Waals surface area contributed by atoms with Gasteiger partial charge in [-0.05, 0) is 87.3 Å². The average molecular weight is 736 g/mol. The van der Waals surface area contributed by atoms with E-state index in [4.69, 9.17) is 4.42 Å². The molecule has 2 spiro atoms. The smallest absolute Gasteiger partial charge is 0.138 e. The SMILES string of the molecule is O=S1c2ccccc2[C@@]2(CC2c2cccc3c2oc2ccccc23)c2ccc3c(c21)-c1ccccc1C31c2ccccc2N(c2ccccc2)c2ccccc21. The number of para-hydroxylation sites is 5. The zero-order valence-corrected chi connectivity index (χ0v) is 31.1. The lowest BCUT2D eigenvalue weighted by Gasteiger charge is -2.45. The van der Waals surface area contributed by atoms with Gasteiger partial charge in [0.15, 0.2) is 0 Å². The monoisotopic (exact) mass is 735 g/mol. The van der Waals surface area contributed by atoms with Crippen LogP contribution >= 0.6 is 0 Å². The minimum atomic E-state index is -1.40. The quantitative estimate of drug-likeness (QED) is 0.177. The number of furan rings is 1. The maximum atomic E-state index is 15.4. The Morgan fingerprint density at radius 2 is 1.16 bits per heavy atom. The van der Waals surface area contributed by atoms with E-state index in [9.17, 15) is 0 Å². The Balaban J connectivity index is 1.10. The predicted molar refractivity (Wildman–Crippen MR) is 225 cm³/mol. The molecule has 13 rings (SSSR count). The zero-order valence-electron chi connectivity index (χ0n) is 30.3. The Morgan fingerprint density at radius 1 is 0.536 bits per heavy atom. The van der Waals surface area contributed by atoms with Crippen molar-refractivity contribution >= 4 is 49.8 Å². The summed E-state index contributed by atoms with van der Waals surface area (Å²) in [6.07, 6.45) is 0.924. The molecule has 0 N–H and O–H groups in total. The van der Waals surface area contributed by atoms with Crippen molar-refractivity contribution in [3.63, 3.8) is 0 Å². The van der Waals surface area contributed by atoms with Gasteiger partial charge in [0, 0.05) is 38.3 Å². The first-order chi connectivity index (χ1) is 27.7. The molecular weight excluding hydrogens is 703 g/mol. The van der Waals surface area contributed by atoms with Crippen molar-refractivity contribution in [1.29, 1.82) is 0 Å². The second kappa shape index (κ2) is 10.8. The highest BCUT2D eigenvalue weighted by Crippen LogP contribution is 2.71. The summed E-state index contributed by atoms with van der Waals surface area (Å²) in [6, 6.07) is 65.6. The van der Waals surface area contributed by atoms with Crippen LogP contribution in [-0.2, 0) is 21.6 Å². The van der Waals surface area contributed by atoms with E-state index in [2.05, 4.69) is 181 Å². The van der Waals surface area contributed by atoms with E-state index < -0.39 is 16.2 Å². The number of benzene rings is 8. The van der Waals surface area contributed by atoms with Gasteiger partial charge in [-0.1, -0.05) is 146 Å². The lowest BCUT2D eigenvalue weighted by Crippen LogP contribution is -2.36. The van der Waals surface area contributed by atoms with E-state index >= 15 is 4.21 Å². The van der Waals surface area contributed by atoms with E-state index in [1.807, 2.05) is 6.07 Å². The van der Waals surface area contributed by atoms with Crippen LogP contribution in [0.1, 0.15) is 51.3 Å². The largest absolute Gasteiger partial charge is 0.456 e. The maximum Gasteiger partial charge on any atom is 0.138 e. The molecule has 2 unspecified atom stereocenters. The molecule has 2 aliphatic carbocycles. The van der Waals surface area contributed by atoms with Gasteiger partial charge < -0.3 is 9.32 Å². The molecule has 4 aliphatic rings. The fourth-order valence-electron chi connectivity index (χ4n) is 11.1. The van der Waals surface area contributed by atoms with E-state index in [-0.39, 0.29) is 11.3 Å². The van der Waals surface area contributed by atoms with Gasteiger partial charge in [0.25, 0.3) is 0 Å². The van der Waals surface area contributed by atoms with Crippen LogP contribution in [0, 0.1) is 0 Å². The van der Waals surface area contributed by atoms with Crippen LogP contribution < -0.4 is 4.90 Å². The first-order valence-corrected chi connectivity index (χ1v) is 20.6. The molecule has 1 fully saturated rings. The summed E-state index contributed by atoms with van der Waals surface area (Å²) in [5.41, 5.74) is 15.1.